The minimum atomic E-state index is -0.604. The van der Waals surface area contributed by atoms with Crippen LogP contribution in [0.1, 0.15) is 37.9 Å². The maximum absolute atomic E-state index is 12.6. The number of halogens is 1. The molecule has 1 aliphatic heterocycles. The lowest BCUT2D eigenvalue weighted by atomic mass is 9.95. The summed E-state index contributed by atoms with van der Waals surface area (Å²) in [6, 6.07) is 13.7. The van der Waals surface area contributed by atoms with Crippen molar-refractivity contribution in [2.75, 3.05) is 0 Å². The predicted molar refractivity (Wildman–Crippen MR) is 111 cm³/mol. The first-order chi connectivity index (χ1) is 13.8. The van der Waals surface area contributed by atoms with E-state index in [0.717, 1.165) is 11.1 Å². The number of nitrogens with one attached hydrogen (secondary N) is 2. The molecule has 0 spiro atoms. The molecule has 0 saturated heterocycles. The molecule has 1 unspecified atom stereocenters. The molecule has 2 aromatic rings. The van der Waals surface area contributed by atoms with Crippen LogP contribution in [0.25, 0.3) is 0 Å². The third-order valence-corrected chi connectivity index (χ3v) is 4.77. The van der Waals surface area contributed by atoms with E-state index in [1.54, 1.807) is 32.9 Å². The van der Waals surface area contributed by atoms with Crippen molar-refractivity contribution in [1.29, 1.82) is 0 Å². The topological polar surface area (TPSA) is 76.7 Å². The molecule has 2 N–H and O–H groups in total. The van der Waals surface area contributed by atoms with Crippen molar-refractivity contribution >= 4 is 23.6 Å². The molecule has 29 heavy (non-hydrogen) atoms. The molecule has 0 radical (unpaired) electrons. The maximum atomic E-state index is 12.6. The number of hydrogen-bond acceptors (Lipinski definition) is 4. The quantitative estimate of drug-likeness (QED) is 0.682. The summed E-state index contributed by atoms with van der Waals surface area (Å²) in [7, 11) is 0. The Balaban J connectivity index is 1.78. The highest BCUT2D eigenvalue weighted by molar-refractivity contribution is 6.31. The first kappa shape index (κ1) is 20.7. The third-order valence-electron chi connectivity index (χ3n) is 4.40. The van der Waals surface area contributed by atoms with Gasteiger partial charge in [0.05, 0.1) is 17.7 Å². The fraction of sp³-hybridized carbons (Fsp3) is 0.273. The van der Waals surface area contributed by atoms with E-state index in [0.29, 0.717) is 28.6 Å². The number of benzene rings is 2. The van der Waals surface area contributed by atoms with Gasteiger partial charge in [0.25, 0.3) is 0 Å². The van der Waals surface area contributed by atoms with E-state index in [9.17, 15) is 9.59 Å². The Bertz CT molecular complexity index is 938. The van der Waals surface area contributed by atoms with Crippen LogP contribution in [0.15, 0.2) is 59.8 Å². The van der Waals surface area contributed by atoms with Gasteiger partial charge in [-0.15, -0.1) is 0 Å². The van der Waals surface area contributed by atoms with E-state index in [1.807, 2.05) is 36.4 Å². The summed E-state index contributed by atoms with van der Waals surface area (Å²) in [5, 5.41) is 6.06. The lowest BCUT2D eigenvalue weighted by Crippen LogP contribution is -2.45. The van der Waals surface area contributed by atoms with E-state index in [-0.39, 0.29) is 12.1 Å². The van der Waals surface area contributed by atoms with Crippen molar-refractivity contribution in [2.45, 2.75) is 39.5 Å². The van der Waals surface area contributed by atoms with Crippen molar-refractivity contribution in [2.24, 2.45) is 0 Å². The lowest BCUT2D eigenvalue weighted by molar-refractivity contribution is -0.143. The Morgan fingerprint density at radius 1 is 1.14 bits per heavy atom. The molecule has 152 valence electrons. The Morgan fingerprint density at radius 2 is 1.83 bits per heavy atom. The standard InChI is InChI=1S/C22H23ClN2O4/c1-13(2)29-21(26)19-14(3)24-22(27)25-20(19)15-8-10-17(11-9-15)28-12-16-6-4-5-7-18(16)23/h4-11,13,20H,12H2,1-3H3,(H2,24,25,27). The van der Waals surface area contributed by atoms with Crippen molar-refractivity contribution in [3.8, 4) is 5.75 Å². The molecule has 2 amide bonds. The Kier molecular flexibility index (Phi) is 6.44. The van der Waals surface area contributed by atoms with Crippen molar-refractivity contribution in [3.63, 3.8) is 0 Å². The highest BCUT2D eigenvalue weighted by Gasteiger charge is 2.32. The fourth-order valence-electron chi connectivity index (χ4n) is 3.03. The molecule has 1 aliphatic rings. The van der Waals surface area contributed by atoms with Crippen molar-refractivity contribution < 1.29 is 19.1 Å². The van der Waals surface area contributed by atoms with Crippen LogP contribution < -0.4 is 15.4 Å². The summed E-state index contributed by atoms with van der Waals surface area (Å²) in [6.45, 7) is 5.59. The summed E-state index contributed by atoms with van der Waals surface area (Å²) in [6.07, 6.45) is -0.262. The Labute approximate surface area is 174 Å². The Morgan fingerprint density at radius 3 is 2.48 bits per heavy atom. The van der Waals surface area contributed by atoms with Crippen LogP contribution in [0.5, 0.6) is 5.75 Å². The lowest BCUT2D eigenvalue weighted by Gasteiger charge is -2.28. The molecule has 2 aromatic carbocycles. The summed E-state index contributed by atoms with van der Waals surface area (Å²) in [5.74, 6) is 0.190. The molecule has 1 heterocycles. The second-order valence-electron chi connectivity index (χ2n) is 6.97. The van der Waals surface area contributed by atoms with Crippen LogP contribution in [0.2, 0.25) is 5.02 Å². The van der Waals surface area contributed by atoms with Gasteiger partial charge in [-0.3, -0.25) is 0 Å². The minimum absolute atomic E-state index is 0.262. The van der Waals surface area contributed by atoms with Gasteiger partial charge in [-0.25, -0.2) is 9.59 Å². The minimum Gasteiger partial charge on any atom is -0.489 e. The summed E-state index contributed by atoms with van der Waals surface area (Å²) >= 11 is 6.15. The molecular formula is C22H23ClN2O4. The number of ether oxygens (including phenoxy) is 2. The summed E-state index contributed by atoms with van der Waals surface area (Å²) in [5.41, 5.74) is 2.49. The Hall–Kier alpha value is -2.99. The second kappa shape index (κ2) is 9.01. The number of carbonyl (C=O) groups excluding carboxylic acids is 2. The number of hydrogen-bond donors (Lipinski definition) is 2. The van der Waals surface area contributed by atoms with Gasteiger partial charge in [0.2, 0.25) is 0 Å². The molecule has 6 nitrogen and oxygen atoms in total. The van der Waals surface area contributed by atoms with E-state index >= 15 is 0 Å². The monoisotopic (exact) mass is 414 g/mol. The molecule has 0 aromatic heterocycles. The van der Waals surface area contributed by atoms with E-state index in [1.165, 1.54) is 0 Å². The molecule has 0 fully saturated rings. The van der Waals surface area contributed by atoms with Gasteiger partial charge in [0.15, 0.2) is 0 Å². The number of carbonyl (C=O) groups is 2. The normalized spacial score (nSPS) is 16.3. The predicted octanol–water partition coefficient (Wildman–Crippen LogP) is 4.50. The molecule has 0 bridgehead atoms. The number of esters is 1. The van der Waals surface area contributed by atoms with Crippen LogP contribution in [-0.4, -0.2) is 18.1 Å². The van der Waals surface area contributed by atoms with Gasteiger partial charge < -0.3 is 20.1 Å². The molecule has 1 atom stereocenters. The highest BCUT2D eigenvalue weighted by atomic mass is 35.5. The molecule has 7 heteroatoms. The average Bonchev–Trinajstić information content (AvgIpc) is 2.66. The van der Waals surface area contributed by atoms with E-state index < -0.39 is 12.0 Å². The first-order valence-electron chi connectivity index (χ1n) is 9.30. The van der Waals surface area contributed by atoms with Crippen molar-refractivity contribution in [3.05, 3.63) is 76.0 Å². The van der Waals surface area contributed by atoms with Gasteiger partial charge in [-0.05, 0) is 44.5 Å². The average molecular weight is 415 g/mol. The molecular weight excluding hydrogens is 392 g/mol. The maximum Gasteiger partial charge on any atom is 0.338 e. The smallest absolute Gasteiger partial charge is 0.338 e. The number of rotatable bonds is 6. The highest BCUT2D eigenvalue weighted by Crippen LogP contribution is 2.29. The van der Waals surface area contributed by atoms with Crippen LogP contribution in [0, 0.1) is 0 Å². The SMILES string of the molecule is CC1=C(C(=O)OC(C)C)C(c2ccc(OCc3ccccc3Cl)cc2)NC(=O)N1. The first-order valence-corrected chi connectivity index (χ1v) is 9.68. The van der Waals surface area contributed by atoms with Crippen LogP contribution in [0.3, 0.4) is 0 Å². The molecule has 0 saturated carbocycles. The number of urea groups is 1. The van der Waals surface area contributed by atoms with Crippen LogP contribution >= 0.6 is 11.6 Å². The van der Waals surface area contributed by atoms with Gasteiger partial charge >= 0.3 is 12.0 Å². The van der Waals surface area contributed by atoms with Gasteiger partial charge in [-0.2, -0.15) is 0 Å². The largest absolute Gasteiger partial charge is 0.489 e. The third kappa shape index (κ3) is 5.09. The number of amides is 2. The summed E-state index contributed by atoms with van der Waals surface area (Å²) in [4.78, 5) is 24.5. The number of allylic oxidation sites excluding steroid dienone is 1. The second-order valence-corrected chi connectivity index (χ2v) is 7.38. The van der Waals surface area contributed by atoms with E-state index in [4.69, 9.17) is 21.1 Å². The zero-order valence-corrected chi connectivity index (χ0v) is 17.2. The van der Waals surface area contributed by atoms with Crippen molar-refractivity contribution in [1.82, 2.24) is 10.6 Å². The van der Waals surface area contributed by atoms with Crippen LogP contribution in [-0.2, 0) is 16.1 Å². The fourth-order valence-corrected chi connectivity index (χ4v) is 3.22. The molecule has 0 aliphatic carbocycles. The van der Waals surface area contributed by atoms with Gasteiger partial charge in [0, 0.05) is 16.3 Å². The van der Waals surface area contributed by atoms with Gasteiger partial charge in [-0.1, -0.05) is 41.9 Å². The summed E-state index contributed by atoms with van der Waals surface area (Å²) < 4.78 is 11.1. The zero-order chi connectivity index (χ0) is 21.0. The van der Waals surface area contributed by atoms with Gasteiger partial charge in [0.1, 0.15) is 12.4 Å². The van der Waals surface area contributed by atoms with Crippen LogP contribution in [0.4, 0.5) is 4.79 Å². The zero-order valence-electron chi connectivity index (χ0n) is 16.5. The molecule has 3 rings (SSSR count). The van der Waals surface area contributed by atoms with E-state index in [2.05, 4.69) is 10.6 Å².